The lowest BCUT2D eigenvalue weighted by Crippen LogP contribution is -2.28. The molecule has 44 heavy (non-hydrogen) atoms. The fraction of sp³-hybridized carbons (Fsp3) is 0.233. The van der Waals surface area contributed by atoms with E-state index in [-0.39, 0.29) is 29.0 Å². The molecule has 10 nitrogen and oxygen atoms in total. The van der Waals surface area contributed by atoms with Crippen molar-refractivity contribution in [1.82, 2.24) is 14.7 Å². The summed E-state index contributed by atoms with van der Waals surface area (Å²) in [5.41, 5.74) is 7.09. The quantitative estimate of drug-likeness (QED) is 0.193. The number of nitrogens with one attached hydrogen (secondary N) is 4. The predicted octanol–water partition coefficient (Wildman–Crippen LogP) is 5.25. The van der Waals surface area contributed by atoms with Gasteiger partial charge in [-0.15, -0.1) is 0 Å². The summed E-state index contributed by atoms with van der Waals surface area (Å²) in [7, 11) is -3.76. The smallest absolute Gasteiger partial charge is 0.399 e. The maximum atomic E-state index is 13.3. The molecule has 0 radical (unpaired) electrons. The number of nitrogens with zero attached hydrogens (tertiary/aromatic N) is 2. The van der Waals surface area contributed by atoms with E-state index in [9.17, 15) is 26.4 Å². The Morgan fingerprint density at radius 2 is 1.77 bits per heavy atom. The Morgan fingerprint density at radius 3 is 2.50 bits per heavy atom. The second kappa shape index (κ2) is 11.1. The van der Waals surface area contributed by atoms with Crippen LogP contribution in [0.25, 0.3) is 11.1 Å². The van der Waals surface area contributed by atoms with Gasteiger partial charge in [-0.1, -0.05) is 30.3 Å². The summed E-state index contributed by atoms with van der Waals surface area (Å²) in [5.74, 6) is 0.376. The molecule has 1 aromatic heterocycles. The zero-order valence-electron chi connectivity index (χ0n) is 23.2. The number of alkyl halides is 3. The highest BCUT2D eigenvalue weighted by Crippen LogP contribution is 2.50. The molecular weight excluding hydrogens is 595 g/mol. The van der Waals surface area contributed by atoms with Gasteiger partial charge in [0.05, 0.1) is 15.9 Å². The Morgan fingerprint density at radius 1 is 1.00 bits per heavy atom. The Hall–Kier alpha value is -4.69. The number of nitrogens with two attached hydrogens (primary N) is 1. The van der Waals surface area contributed by atoms with Crippen LogP contribution >= 0.6 is 0 Å². The van der Waals surface area contributed by atoms with E-state index in [0.717, 1.165) is 17.7 Å². The number of anilines is 5. The van der Waals surface area contributed by atoms with Crippen molar-refractivity contribution in [3.63, 3.8) is 0 Å². The van der Waals surface area contributed by atoms with Gasteiger partial charge in [0.1, 0.15) is 5.82 Å². The topological polar surface area (TPSA) is 151 Å². The number of hydrogen-bond acceptors (Lipinski definition) is 8. The zero-order chi connectivity index (χ0) is 31.1. The average molecular weight is 624 g/mol. The van der Waals surface area contributed by atoms with Crippen molar-refractivity contribution in [2.75, 3.05) is 34.8 Å². The molecule has 14 heteroatoms. The summed E-state index contributed by atoms with van der Waals surface area (Å²) in [4.78, 5) is 22.3. The predicted molar refractivity (Wildman–Crippen MR) is 161 cm³/mol. The first kappa shape index (κ1) is 29.4. The van der Waals surface area contributed by atoms with Gasteiger partial charge < -0.3 is 21.7 Å². The number of carbonyl (C=O) groups excluding carboxylic acids is 1. The van der Waals surface area contributed by atoms with Crippen molar-refractivity contribution in [3.8, 4) is 11.1 Å². The number of carbonyl (C=O) groups is 1. The number of nitrogen functional groups attached to an aromatic ring is 1. The van der Waals surface area contributed by atoms with Crippen molar-refractivity contribution in [2.24, 2.45) is 0 Å². The van der Waals surface area contributed by atoms with Crippen LogP contribution in [0.3, 0.4) is 0 Å². The van der Waals surface area contributed by atoms with Crippen LogP contribution in [0.2, 0.25) is 0 Å². The maximum Gasteiger partial charge on any atom is 0.416 e. The van der Waals surface area contributed by atoms with Crippen LogP contribution in [0.5, 0.6) is 0 Å². The first-order chi connectivity index (χ1) is 20.9. The molecule has 1 aliphatic carbocycles. The van der Waals surface area contributed by atoms with E-state index in [2.05, 4.69) is 30.6 Å². The molecule has 0 spiro atoms. The highest BCUT2D eigenvalue weighted by Gasteiger charge is 2.51. The lowest BCUT2D eigenvalue weighted by molar-refractivity contribution is -0.137. The van der Waals surface area contributed by atoms with E-state index in [1.54, 1.807) is 42.6 Å². The van der Waals surface area contributed by atoms with Gasteiger partial charge in [0, 0.05) is 41.9 Å². The van der Waals surface area contributed by atoms with E-state index in [1.807, 2.05) is 0 Å². The number of aromatic nitrogens is 2. The molecule has 1 aliphatic heterocycles. The summed E-state index contributed by atoms with van der Waals surface area (Å²) >= 11 is 0. The summed E-state index contributed by atoms with van der Waals surface area (Å²) in [5, 5.41) is 9.11. The molecule has 1 saturated carbocycles. The zero-order valence-corrected chi connectivity index (χ0v) is 24.0. The van der Waals surface area contributed by atoms with Crippen molar-refractivity contribution in [3.05, 3.63) is 84.1 Å². The third kappa shape index (κ3) is 6.03. The summed E-state index contributed by atoms with van der Waals surface area (Å²) in [6.07, 6.45) is -1.47. The van der Waals surface area contributed by atoms with Crippen LogP contribution in [0, 0.1) is 0 Å². The fourth-order valence-corrected chi connectivity index (χ4v) is 6.25. The highest BCUT2D eigenvalue weighted by molar-refractivity contribution is 7.89. The van der Waals surface area contributed by atoms with Gasteiger partial charge in [-0.3, -0.25) is 4.79 Å². The van der Waals surface area contributed by atoms with E-state index in [4.69, 9.17) is 5.73 Å². The lowest BCUT2D eigenvalue weighted by atomic mass is 9.93. The minimum atomic E-state index is -4.49. The van der Waals surface area contributed by atoms with Crippen molar-refractivity contribution >= 4 is 44.8 Å². The van der Waals surface area contributed by atoms with E-state index in [0.29, 0.717) is 54.1 Å². The van der Waals surface area contributed by atoms with Crippen LogP contribution in [0.1, 0.15) is 30.4 Å². The van der Waals surface area contributed by atoms with E-state index >= 15 is 0 Å². The van der Waals surface area contributed by atoms with Crippen LogP contribution in [-0.4, -0.2) is 37.4 Å². The van der Waals surface area contributed by atoms with E-state index in [1.165, 1.54) is 18.2 Å². The van der Waals surface area contributed by atoms with Crippen LogP contribution in [0.15, 0.2) is 77.8 Å². The number of fused-ring (bicyclic) bond motifs is 4. The molecule has 228 valence electrons. The molecule has 3 aromatic carbocycles. The van der Waals surface area contributed by atoms with Gasteiger partial charge in [-0.25, -0.2) is 18.1 Å². The molecule has 0 atom stereocenters. The normalized spacial score (nSPS) is 17.1. The second-order valence-electron chi connectivity index (χ2n) is 10.7. The third-order valence-electron chi connectivity index (χ3n) is 7.60. The van der Waals surface area contributed by atoms with Gasteiger partial charge in [-0.05, 0) is 66.8 Å². The van der Waals surface area contributed by atoms with Crippen molar-refractivity contribution in [2.45, 2.75) is 35.7 Å². The summed E-state index contributed by atoms with van der Waals surface area (Å²) < 4.78 is 67.7. The van der Waals surface area contributed by atoms with Crippen LogP contribution in [0.4, 0.5) is 42.0 Å². The van der Waals surface area contributed by atoms with Crippen LogP contribution < -0.4 is 26.4 Å². The minimum absolute atomic E-state index is 0.0265. The van der Waals surface area contributed by atoms with Gasteiger partial charge in [0.2, 0.25) is 21.9 Å². The number of rotatable bonds is 4. The first-order valence-corrected chi connectivity index (χ1v) is 15.3. The molecule has 2 aliphatic rings. The molecule has 6 N–H and O–H groups in total. The molecule has 4 aromatic rings. The van der Waals surface area contributed by atoms with Gasteiger partial charge in [0.15, 0.2) is 0 Å². The summed E-state index contributed by atoms with van der Waals surface area (Å²) in [6.45, 7) is 0.605. The third-order valence-corrected chi connectivity index (χ3v) is 9.04. The molecule has 0 saturated heterocycles. The molecule has 6 rings (SSSR count). The Labute approximate surface area is 251 Å². The highest BCUT2D eigenvalue weighted by atomic mass is 32.2. The Bertz CT molecular complexity index is 1840. The monoisotopic (exact) mass is 623 g/mol. The molecule has 4 bridgehead atoms. The van der Waals surface area contributed by atoms with E-state index < -0.39 is 27.2 Å². The molecule has 1 fully saturated rings. The average Bonchev–Trinajstić information content (AvgIpc) is 3.79. The second-order valence-corrected chi connectivity index (χ2v) is 12.5. The SMILES string of the molecule is Nc1cc2cc(c1)S(=O)(=O)NCCCNc1nc(ncc1-c1ccc(NC(=O)C3(c4cccc(C(F)(F)F)c4)CC3)cc1)N2. The maximum absolute atomic E-state index is 13.3. The standard InChI is InChI=1S/C30H28F3N7O3S/c31-30(32,33)20-4-1-3-19(13-20)29(9-10-29)27(41)38-22-7-5-18(6-8-22)25-17-36-28-39-23-14-21(34)15-24(16-23)44(42,43)37-12-2-11-35-26(25)40-28/h1,3-8,13-17,37H,2,9-12,34H2,(H,38,41)(H2,35,36,39,40). The minimum Gasteiger partial charge on any atom is -0.399 e. The number of hydrogen-bond donors (Lipinski definition) is 5. The fourth-order valence-electron chi connectivity index (χ4n) is 5.10. The molecule has 1 amide bonds. The molecular formula is C30H28F3N7O3S. The number of sulfonamides is 1. The molecule has 0 unspecified atom stereocenters. The van der Waals surface area contributed by atoms with Gasteiger partial charge >= 0.3 is 6.18 Å². The van der Waals surface area contributed by atoms with Crippen molar-refractivity contribution in [1.29, 1.82) is 0 Å². The van der Waals surface area contributed by atoms with Crippen molar-refractivity contribution < 1.29 is 26.4 Å². The Kier molecular flexibility index (Phi) is 7.41. The number of amides is 1. The van der Waals surface area contributed by atoms with Crippen LogP contribution in [-0.2, 0) is 26.4 Å². The Balaban J connectivity index is 1.22. The van der Waals surface area contributed by atoms with Gasteiger partial charge in [-0.2, -0.15) is 18.2 Å². The number of benzene rings is 3. The first-order valence-electron chi connectivity index (χ1n) is 13.8. The summed E-state index contributed by atoms with van der Waals surface area (Å²) in [6, 6.07) is 16.3. The lowest BCUT2D eigenvalue weighted by Gasteiger charge is -2.18. The number of halogens is 3. The largest absolute Gasteiger partial charge is 0.416 e. The van der Waals surface area contributed by atoms with Gasteiger partial charge in [0.25, 0.3) is 0 Å². The molecule has 2 heterocycles.